The predicted octanol–water partition coefficient (Wildman–Crippen LogP) is 2.80. The standard InChI is InChI=1S/2C7H10N2/c1-5-4-8-9-7(3)6(5)2;1-5-4-6(2)8-9-7(5)3/h2*4H,1-3H3. The molecule has 4 nitrogen and oxygen atoms in total. The molecular weight excluding hydrogens is 224 g/mol. The summed E-state index contributed by atoms with van der Waals surface area (Å²) in [7, 11) is 0. The van der Waals surface area contributed by atoms with E-state index in [1.54, 1.807) is 6.20 Å². The highest BCUT2D eigenvalue weighted by atomic mass is 15.1. The Labute approximate surface area is 108 Å². The third kappa shape index (κ3) is 3.87. The van der Waals surface area contributed by atoms with Crippen molar-refractivity contribution >= 4 is 0 Å². The van der Waals surface area contributed by atoms with Crippen LogP contribution in [-0.4, -0.2) is 20.4 Å². The van der Waals surface area contributed by atoms with E-state index in [0.29, 0.717) is 0 Å². The summed E-state index contributed by atoms with van der Waals surface area (Å²) in [5, 5.41) is 15.5. The van der Waals surface area contributed by atoms with Crippen molar-refractivity contribution in [3.8, 4) is 0 Å². The average molecular weight is 244 g/mol. The van der Waals surface area contributed by atoms with E-state index in [0.717, 1.165) is 17.1 Å². The summed E-state index contributed by atoms with van der Waals surface area (Å²) < 4.78 is 0. The zero-order valence-corrected chi connectivity index (χ0v) is 11.9. The van der Waals surface area contributed by atoms with Crippen LogP contribution in [0.4, 0.5) is 0 Å². The summed E-state index contributed by atoms with van der Waals surface area (Å²) in [4.78, 5) is 0. The second-order valence-corrected chi connectivity index (χ2v) is 4.49. The Morgan fingerprint density at radius 3 is 1.83 bits per heavy atom. The van der Waals surface area contributed by atoms with Crippen LogP contribution in [0.3, 0.4) is 0 Å². The van der Waals surface area contributed by atoms with Crippen molar-refractivity contribution in [2.45, 2.75) is 41.5 Å². The van der Waals surface area contributed by atoms with Crippen LogP contribution in [0.2, 0.25) is 0 Å². The van der Waals surface area contributed by atoms with Crippen molar-refractivity contribution in [3.05, 3.63) is 46.0 Å². The monoisotopic (exact) mass is 244 g/mol. The van der Waals surface area contributed by atoms with Gasteiger partial charge in [0.2, 0.25) is 0 Å². The average Bonchev–Trinajstić information content (AvgIpc) is 2.32. The molecule has 0 spiro atoms. The first kappa shape index (κ1) is 14.2. The minimum absolute atomic E-state index is 0.984. The SMILES string of the molecule is Cc1cc(C)c(C)nn1.Cc1cnnc(C)c1C. The van der Waals surface area contributed by atoms with Gasteiger partial charge in [0.05, 0.1) is 23.3 Å². The number of hydrogen-bond acceptors (Lipinski definition) is 4. The summed E-state index contributed by atoms with van der Waals surface area (Å²) in [6, 6.07) is 2.03. The van der Waals surface area contributed by atoms with Crippen LogP contribution in [0.25, 0.3) is 0 Å². The molecule has 2 aromatic rings. The van der Waals surface area contributed by atoms with E-state index in [1.807, 2.05) is 40.7 Å². The van der Waals surface area contributed by atoms with Gasteiger partial charge in [0.25, 0.3) is 0 Å². The molecule has 2 aromatic heterocycles. The number of nitrogens with zero attached hydrogens (tertiary/aromatic N) is 4. The number of aryl methyl sites for hydroxylation is 5. The van der Waals surface area contributed by atoms with Gasteiger partial charge in [-0.3, -0.25) is 0 Å². The van der Waals surface area contributed by atoms with Crippen molar-refractivity contribution in [1.82, 2.24) is 20.4 Å². The molecule has 18 heavy (non-hydrogen) atoms. The second-order valence-electron chi connectivity index (χ2n) is 4.49. The van der Waals surface area contributed by atoms with Gasteiger partial charge in [-0.15, -0.1) is 0 Å². The zero-order valence-electron chi connectivity index (χ0n) is 11.9. The Balaban J connectivity index is 0.000000180. The Morgan fingerprint density at radius 1 is 0.722 bits per heavy atom. The van der Waals surface area contributed by atoms with Crippen molar-refractivity contribution in [2.75, 3.05) is 0 Å². The second kappa shape index (κ2) is 6.19. The van der Waals surface area contributed by atoms with Crippen LogP contribution in [0, 0.1) is 41.5 Å². The van der Waals surface area contributed by atoms with Gasteiger partial charge in [-0.05, 0) is 64.3 Å². The van der Waals surface area contributed by atoms with Gasteiger partial charge in [-0.2, -0.15) is 20.4 Å². The van der Waals surface area contributed by atoms with E-state index in [4.69, 9.17) is 0 Å². The molecule has 0 atom stereocenters. The zero-order chi connectivity index (χ0) is 13.7. The van der Waals surface area contributed by atoms with Crippen LogP contribution < -0.4 is 0 Å². The molecule has 0 aliphatic rings. The Morgan fingerprint density at radius 2 is 1.39 bits per heavy atom. The van der Waals surface area contributed by atoms with Crippen LogP contribution in [-0.2, 0) is 0 Å². The van der Waals surface area contributed by atoms with Crippen molar-refractivity contribution in [2.24, 2.45) is 0 Å². The first-order valence-electron chi connectivity index (χ1n) is 5.95. The van der Waals surface area contributed by atoms with Crippen LogP contribution in [0.1, 0.15) is 33.8 Å². The van der Waals surface area contributed by atoms with Crippen LogP contribution in [0.5, 0.6) is 0 Å². The summed E-state index contributed by atoms with van der Waals surface area (Å²) >= 11 is 0. The molecular formula is C14H20N4. The quantitative estimate of drug-likeness (QED) is 0.715. The van der Waals surface area contributed by atoms with Crippen molar-refractivity contribution in [3.63, 3.8) is 0 Å². The molecule has 2 rings (SSSR count). The minimum atomic E-state index is 0.984. The molecule has 0 amide bonds. The van der Waals surface area contributed by atoms with Crippen LogP contribution >= 0.6 is 0 Å². The largest absolute Gasteiger partial charge is 0.159 e. The molecule has 0 fully saturated rings. The topological polar surface area (TPSA) is 51.6 Å². The van der Waals surface area contributed by atoms with Gasteiger partial charge >= 0.3 is 0 Å². The molecule has 2 heterocycles. The molecule has 0 unspecified atom stereocenters. The maximum atomic E-state index is 3.93. The number of aromatic nitrogens is 4. The third-order valence-electron chi connectivity index (χ3n) is 2.95. The lowest BCUT2D eigenvalue weighted by molar-refractivity contribution is 0.924. The molecule has 0 saturated heterocycles. The van der Waals surface area contributed by atoms with Gasteiger partial charge in [0.1, 0.15) is 0 Å². The fourth-order valence-electron chi connectivity index (χ4n) is 1.34. The first-order valence-corrected chi connectivity index (χ1v) is 5.95. The maximum Gasteiger partial charge on any atom is 0.0631 e. The fraction of sp³-hybridized carbons (Fsp3) is 0.429. The van der Waals surface area contributed by atoms with Gasteiger partial charge in [-0.25, -0.2) is 0 Å². The van der Waals surface area contributed by atoms with Crippen LogP contribution in [0.15, 0.2) is 12.3 Å². The molecule has 0 N–H and O–H groups in total. The smallest absolute Gasteiger partial charge is 0.0631 e. The molecule has 0 aliphatic heterocycles. The lowest BCUT2D eigenvalue weighted by Gasteiger charge is -1.98. The van der Waals surface area contributed by atoms with E-state index >= 15 is 0 Å². The van der Waals surface area contributed by atoms with Gasteiger partial charge < -0.3 is 0 Å². The molecule has 0 saturated carbocycles. The maximum absolute atomic E-state index is 3.93. The fourth-order valence-corrected chi connectivity index (χ4v) is 1.34. The molecule has 0 aromatic carbocycles. The summed E-state index contributed by atoms with van der Waals surface area (Å²) in [6.45, 7) is 12.0. The van der Waals surface area contributed by atoms with E-state index < -0.39 is 0 Å². The highest BCUT2D eigenvalue weighted by molar-refractivity contribution is 5.23. The molecule has 0 radical (unpaired) electrons. The molecule has 0 aliphatic carbocycles. The highest BCUT2D eigenvalue weighted by Crippen LogP contribution is 2.05. The normalized spacial score (nSPS) is 9.67. The number of rotatable bonds is 0. The van der Waals surface area contributed by atoms with E-state index in [2.05, 4.69) is 27.3 Å². The summed E-state index contributed by atoms with van der Waals surface area (Å²) in [5.41, 5.74) is 6.68. The highest BCUT2D eigenvalue weighted by Gasteiger charge is 1.95. The van der Waals surface area contributed by atoms with E-state index in [9.17, 15) is 0 Å². The predicted molar refractivity (Wildman–Crippen MR) is 72.5 cm³/mol. The third-order valence-corrected chi connectivity index (χ3v) is 2.95. The summed E-state index contributed by atoms with van der Waals surface area (Å²) in [6.07, 6.45) is 1.78. The van der Waals surface area contributed by atoms with Gasteiger partial charge in [-0.1, -0.05) is 0 Å². The summed E-state index contributed by atoms with van der Waals surface area (Å²) in [5.74, 6) is 0. The Bertz CT molecular complexity index is 515. The van der Waals surface area contributed by atoms with E-state index in [1.165, 1.54) is 16.7 Å². The molecule has 96 valence electrons. The van der Waals surface area contributed by atoms with Crippen molar-refractivity contribution < 1.29 is 0 Å². The Kier molecular flexibility index (Phi) is 4.89. The molecule has 4 heteroatoms. The molecule has 0 bridgehead atoms. The minimum Gasteiger partial charge on any atom is -0.159 e. The lowest BCUT2D eigenvalue weighted by atomic mass is 10.2. The number of hydrogen-bond donors (Lipinski definition) is 0. The van der Waals surface area contributed by atoms with Gasteiger partial charge in [0.15, 0.2) is 0 Å². The van der Waals surface area contributed by atoms with Gasteiger partial charge in [0, 0.05) is 0 Å². The van der Waals surface area contributed by atoms with Crippen molar-refractivity contribution in [1.29, 1.82) is 0 Å². The lowest BCUT2D eigenvalue weighted by Crippen LogP contribution is -1.92. The Hall–Kier alpha value is -1.84. The van der Waals surface area contributed by atoms with E-state index in [-0.39, 0.29) is 0 Å². The first-order chi connectivity index (χ1) is 8.41.